The van der Waals surface area contributed by atoms with Gasteiger partial charge in [-0.15, -0.1) is 0 Å². The molecule has 0 spiro atoms. The zero-order valence-corrected chi connectivity index (χ0v) is 17.5. The molecule has 6 nitrogen and oxygen atoms in total. The maximum atomic E-state index is 12.1. The van der Waals surface area contributed by atoms with E-state index in [4.69, 9.17) is 18.9 Å². The van der Waals surface area contributed by atoms with Gasteiger partial charge in [-0.3, -0.25) is 0 Å². The normalized spacial score (nSPS) is 10.8. The first kappa shape index (κ1) is 20.3. The van der Waals surface area contributed by atoms with Crippen molar-refractivity contribution in [1.82, 2.24) is 0 Å². The van der Waals surface area contributed by atoms with Crippen molar-refractivity contribution in [2.75, 3.05) is 21.3 Å². The molecule has 0 amide bonds. The van der Waals surface area contributed by atoms with Crippen LogP contribution in [0.4, 0.5) is 0 Å². The predicted molar refractivity (Wildman–Crippen MR) is 119 cm³/mol. The Hall–Kier alpha value is -3.93. The molecule has 1 N–H and O–H groups in total. The zero-order chi connectivity index (χ0) is 22.0. The Bertz CT molecular complexity index is 1260. The van der Waals surface area contributed by atoms with E-state index < -0.39 is 5.97 Å². The third-order valence-corrected chi connectivity index (χ3v) is 5.21. The maximum Gasteiger partial charge on any atom is 0.336 e. The molecule has 4 aromatic carbocycles. The number of hydrogen-bond acceptors (Lipinski definition) is 5. The highest BCUT2D eigenvalue weighted by Gasteiger charge is 2.23. The lowest BCUT2D eigenvalue weighted by atomic mass is 9.95. The SMILES string of the molecule is COc1cc2c(C(=O)O)cc3c(OCc4ccccc4)cccc3c2c(OC)c1OC. The number of benzene rings is 4. The van der Waals surface area contributed by atoms with Gasteiger partial charge in [0, 0.05) is 16.2 Å². The predicted octanol–water partition coefficient (Wildman–Crippen LogP) is 5.30. The highest BCUT2D eigenvalue weighted by molar-refractivity contribution is 6.20. The van der Waals surface area contributed by atoms with E-state index in [1.807, 2.05) is 48.5 Å². The molecular formula is C25H22O6. The van der Waals surface area contributed by atoms with E-state index in [2.05, 4.69) is 0 Å². The van der Waals surface area contributed by atoms with Crippen LogP contribution in [0.25, 0.3) is 21.5 Å². The first-order valence-electron chi connectivity index (χ1n) is 9.67. The molecule has 0 atom stereocenters. The van der Waals surface area contributed by atoms with Crippen molar-refractivity contribution in [1.29, 1.82) is 0 Å². The summed E-state index contributed by atoms with van der Waals surface area (Å²) in [5, 5.41) is 12.5. The number of carboxylic acids is 1. The molecule has 4 aromatic rings. The van der Waals surface area contributed by atoms with Crippen LogP contribution in [-0.4, -0.2) is 32.4 Å². The fourth-order valence-corrected chi connectivity index (χ4v) is 3.81. The van der Waals surface area contributed by atoms with E-state index >= 15 is 0 Å². The van der Waals surface area contributed by atoms with E-state index in [0.29, 0.717) is 45.8 Å². The highest BCUT2D eigenvalue weighted by atomic mass is 16.5. The van der Waals surface area contributed by atoms with E-state index in [-0.39, 0.29) is 5.56 Å². The molecule has 0 radical (unpaired) electrons. The van der Waals surface area contributed by atoms with Crippen molar-refractivity contribution in [3.8, 4) is 23.0 Å². The third-order valence-electron chi connectivity index (χ3n) is 5.21. The molecule has 0 saturated heterocycles. The topological polar surface area (TPSA) is 74.2 Å². The number of rotatable bonds is 7. The summed E-state index contributed by atoms with van der Waals surface area (Å²) in [5.74, 6) is 0.730. The van der Waals surface area contributed by atoms with Crippen LogP contribution >= 0.6 is 0 Å². The number of carbonyl (C=O) groups is 1. The lowest BCUT2D eigenvalue weighted by molar-refractivity contribution is 0.0699. The van der Waals surface area contributed by atoms with E-state index in [1.165, 1.54) is 21.3 Å². The maximum absolute atomic E-state index is 12.1. The summed E-state index contributed by atoms with van der Waals surface area (Å²) in [7, 11) is 4.54. The van der Waals surface area contributed by atoms with Gasteiger partial charge in [0.25, 0.3) is 0 Å². The van der Waals surface area contributed by atoms with Gasteiger partial charge in [-0.25, -0.2) is 4.79 Å². The minimum absolute atomic E-state index is 0.123. The van der Waals surface area contributed by atoms with Crippen LogP contribution in [0.3, 0.4) is 0 Å². The molecule has 4 rings (SSSR count). The Balaban J connectivity index is 2.01. The van der Waals surface area contributed by atoms with Crippen LogP contribution in [-0.2, 0) is 6.61 Å². The molecule has 31 heavy (non-hydrogen) atoms. The molecule has 0 bridgehead atoms. The number of aromatic carboxylic acids is 1. The Morgan fingerprint density at radius 3 is 2.16 bits per heavy atom. The summed E-state index contributed by atoms with van der Waals surface area (Å²) in [4.78, 5) is 12.1. The van der Waals surface area contributed by atoms with Gasteiger partial charge in [-0.05, 0) is 29.1 Å². The van der Waals surface area contributed by atoms with Gasteiger partial charge in [-0.2, -0.15) is 0 Å². The smallest absolute Gasteiger partial charge is 0.336 e. The van der Waals surface area contributed by atoms with Gasteiger partial charge in [0.05, 0.1) is 26.9 Å². The molecule has 0 unspecified atom stereocenters. The molecule has 0 heterocycles. The standard InChI is InChI=1S/C25H22O6/c1-28-21-13-18-19(25(26)27)12-17-16(22(18)24(30-3)23(21)29-2)10-7-11-20(17)31-14-15-8-5-4-6-9-15/h4-13H,14H2,1-3H3,(H,26,27). The lowest BCUT2D eigenvalue weighted by Crippen LogP contribution is -2.03. The van der Waals surface area contributed by atoms with Crippen molar-refractivity contribution < 1.29 is 28.8 Å². The van der Waals surface area contributed by atoms with Crippen molar-refractivity contribution in [3.05, 3.63) is 71.8 Å². The summed E-state index contributed by atoms with van der Waals surface area (Å²) >= 11 is 0. The fourth-order valence-electron chi connectivity index (χ4n) is 3.81. The van der Waals surface area contributed by atoms with Crippen LogP contribution in [0.2, 0.25) is 0 Å². The Labute approximate surface area is 179 Å². The highest BCUT2D eigenvalue weighted by Crippen LogP contribution is 2.48. The average Bonchev–Trinajstić information content (AvgIpc) is 2.81. The lowest BCUT2D eigenvalue weighted by Gasteiger charge is -2.18. The molecule has 158 valence electrons. The van der Waals surface area contributed by atoms with Crippen molar-refractivity contribution >= 4 is 27.5 Å². The van der Waals surface area contributed by atoms with Crippen molar-refractivity contribution in [3.63, 3.8) is 0 Å². The second kappa shape index (κ2) is 8.44. The molecule has 0 aliphatic carbocycles. The molecule has 0 aliphatic heterocycles. The van der Waals surface area contributed by atoms with Crippen LogP contribution < -0.4 is 18.9 Å². The Kier molecular flexibility index (Phi) is 5.54. The minimum Gasteiger partial charge on any atom is -0.493 e. The van der Waals surface area contributed by atoms with Gasteiger partial charge in [0.2, 0.25) is 5.75 Å². The Morgan fingerprint density at radius 2 is 1.52 bits per heavy atom. The first-order chi connectivity index (χ1) is 15.1. The summed E-state index contributed by atoms with van der Waals surface area (Å²) in [6.07, 6.45) is 0. The number of carboxylic acid groups (broad SMARTS) is 1. The van der Waals surface area contributed by atoms with Gasteiger partial charge in [0.1, 0.15) is 12.4 Å². The van der Waals surface area contributed by atoms with Gasteiger partial charge < -0.3 is 24.1 Å². The van der Waals surface area contributed by atoms with Crippen LogP contribution in [0.5, 0.6) is 23.0 Å². The molecule has 0 saturated carbocycles. The monoisotopic (exact) mass is 418 g/mol. The summed E-state index contributed by atoms with van der Waals surface area (Å²) in [5.41, 5.74) is 1.14. The molecule has 0 fully saturated rings. The number of hydrogen-bond donors (Lipinski definition) is 1. The second-order valence-corrected chi connectivity index (χ2v) is 6.92. The van der Waals surface area contributed by atoms with Gasteiger partial charge in [-0.1, -0.05) is 42.5 Å². The van der Waals surface area contributed by atoms with E-state index in [1.54, 1.807) is 12.1 Å². The van der Waals surface area contributed by atoms with E-state index in [9.17, 15) is 9.90 Å². The minimum atomic E-state index is -1.06. The molecule has 0 aromatic heterocycles. The van der Waals surface area contributed by atoms with Gasteiger partial charge >= 0.3 is 5.97 Å². The van der Waals surface area contributed by atoms with E-state index in [0.717, 1.165) is 10.9 Å². The molecule has 6 heteroatoms. The van der Waals surface area contributed by atoms with Crippen LogP contribution in [0, 0.1) is 0 Å². The quantitative estimate of drug-likeness (QED) is 0.411. The third kappa shape index (κ3) is 3.57. The average molecular weight is 418 g/mol. The second-order valence-electron chi connectivity index (χ2n) is 6.92. The number of methoxy groups -OCH3 is 3. The molecule has 0 aliphatic rings. The van der Waals surface area contributed by atoms with Crippen LogP contribution in [0.15, 0.2) is 60.7 Å². The van der Waals surface area contributed by atoms with Crippen LogP contribution in [0.1, 0.15) is 15.9 Å². The van der Waals surface area contributed by atoms with Crippen molar-refractivity contribution in [2.24, 2.45) is 0 Å². The first-order valence-corrected chi connectivity index (χ1v) is 9.67. The fraction of sp³-hybridized carbons (Fsp3) is 0.160. The summed E-state index contributed by atoms with van der Waals surface area (Å²) < 4.78 is 22.7. The van der Waals surface area contributed by atoms with Gasteiger partial charge in [0.15, 0.2) is 11.5 Å². The summed E-state index contributed by atoms with van der Waals surface area (Å²) in [6, 6.07) is 18.7. The largest absolute Gasteiger partial charge is 0.493 e. The summed E-state index contributed by atoms with van der Waals surface area (Å²) in [6.45, 7) is 0.365. The zero-order valence-electron chi connectivity index (χ0n) is 17.5. The Morgan fingerprint density at radius 1 is 0.774 bits per heavy atom. The number of ether oxygens (including phenoxy) is 4. The number of fused-ring (bicyclic) bond motifs is 3. The van der Waals surface area contributed by atoms with Crippen molar-refractivity contribution in [2.45, 2.75) is 6.61 Å². The molecular weight excluding hydrogens is 396 g/mol.